The summed E-state index contributed by atoms with van der Waals surface area (Å²) in [7, 11) is -7.28. The van der Waals surface area contributed by atoms with E-state index in [1.807, 2.05) is 12.1 Å². The number of amides is 2. The molecule has 2 atom stereocenters. The molecule has 2 saturated carbocycles. The number of ether oxygens (including phenoxy) is 4. The highest BCUT2D eigenvalue weighted by molar-refractivity contribution is 7.92. The van der Waals surface area contributed by atoms with E-state index in [0.29, 0.717) is 102 Å². The maximum Gasteiger partial charge on any atom is 0.248 e. The summed E-state index contributed by atoms with van der Waals surface area (Å²) in [5, 5.41) is 12.1. The zero-order valence-electron chi connectivity index (χ0n) is 49.2. The summed E-state index contributed by atoms with van der Waals surface area (Å²) in [6.45, 7) is 10.8. The third kappa shape index (κ3) is 16.6. The summed E-state index contributed by atoms with van der Waals surface area (Å²) in [5.74, 6) is -0.793. The second kappa shape index (κ2) is 29.0. The molecule has 21 heteroatoms. The molecule has 4 saturated heterocycles. The minimum atomic E-state index is -3.65. The van der Waals surface area contributed by atoms with Gasteiger partial charge in [0, 0.05) is 58.8 Å². The van der Waals surface area contributed by atoms with Gasteiger partial charge in [-0.05, 0) is 174 Å². The van der Waals surface area contributed by atoms with Crippen LogP contribution < -0.4 is 0 Å². The molecule has 0 bridgehead atoms. The van der Waals surface area contributed by atoms with E-state index in [-0.39, 0.29) is 92.8 Å². The molecule has 85 heavy (non-hydrogen) atoms. The van der Waals surface area contributed by atoms with Crippen LogP contribution in [0.1, 0.15) is 112 Å². The van der Waals surface area contributed by atoms with Gasteiger partial charge in [0.05, 0.1) is 67.8 Å². The molecule has 4 aliphatic heterocycles. The number of nitrogens with zero attached hydrogens (tertiary/aromatic N) is 4. The monoisotopic (exact) mass is 1260 g/mol. The summed E-state index contributed by atoms with van der Waals surface area (Å²) >= 11 is 12.6. The minimum Gasteiger partial charge on any atom is -0.633 e. The molecule has 0 N–H and O–H groups in total. The first-order valence-corrected chi connectivity index (χ1v) is 34.4. The van der Waals surface area contributed by atoms with Crippen LogP contribution in [0.15, 0.2) is 94.7 Å². The van der Waals surface area contributed by atoms with E-state index in [0.717, 1.165) is 69.3 Å². The smallest absolute Gasteiger partial charge is 0.248 e. The number of sulfone groups is 2. The minimum absolute atomic E-state index is 0.0713. The molecule has 4 aromatic rings. The number of hydrogen-bond acceptors (Lipinski definition) is 12. The zero-order valence-corrected chi connectivity index (χ0v) is 52.4. The Morgan fingerprint density at radius 3 is 1.41 bits per heavy atom. The Morgan fingerprint density at radius 2 is 1.01 bits per heavy atom. The van der Waals surface area contributed by atoms with Crippen molar-refractivity contribution < 1.29 is 58.8 Å². The molecule has 466 valence electrons. The lowest BCUT2D eigenvalue weighted by molar-refractivity contribution is -0.868. The maximum atomic E-state index is 14.2. The second-order valence-electron chi connectivity index (χ2n) is 24.2. The molecule has 0 aromatic heterocycles. The van der Waals surface area contributed by atoms with Crippen LogP contribution in [0.3, 0.4) is 0 Å². The Morgan fingerprint density at radius 1 is 0.600 bits per heavy atom. The standard InChI is InChI=1S/C32H42ClFN2O6S.C32H42ClFN2O5S/c1-24-6-4-9-28(33)31(24)43(39,40)29(25-10-11-25)12-20-41-23-30(37)35-15-13-32(14-16-35,26-7-5-8-27(34)22-26)42-21-19-36(38)17-2-3-18-36;1-24-6-4-9-28(33)31(24)42(38,39)29(25-10-11-25)12-20-40-23-30(37)36-17-13-32(14-18-36,26-7-5-8-27(34)22-26)41-21-19-35-15-2-3-16-35/h4-9,22,25,29H,2-3,10-21,23H2,1H3;4-9,22,25,29H,2-3,10-21,23H2,1H3. The van der Waals surface area contributed by atoms with Crippen molar-refractivity contribution in [1.82, 2.24) is 14.7 Å². The molecule has 0 radical (unpaired) electrons. The van der Waals surface area contributed by atoms with Gasteiger partial charge in [0.25, 0.3) is 0 Å². The fourth-order valence-corrected chi connectivity index (χ4v) is 18.9. The number of aryl methyl sites for hydroxylation is 2. The van der Waals surface area contributed by atoms with Crippen LogP contribution in [0.2, 0.25) is 10.0 Å². The Kier molecular flexibility index (Phi) is 22.3. The van der Waals surface area contributed by atoms with Crippen LogP contribution >= 0.6 is 23.2 Å². The van der Waals surface area contributed by atoms with Crippen LogP contribution in [-0.2, 0) is 59.4 Å². The number of carbonyl (C=O) groups is 2. The van der Waals surface area contributed by atoms with E-state index in [4.69, 9.17) is 42.1 Å². The highest BCUT2D eigenvalue weighted by Crippen LogP contribution is 2.44. The van der Waals surface area contributed by atoms with E-state index in [2.05, 4.69) is 4.90 Å². The van der Waals surface area contributed by atoms with Gasteiger partial charge in [0.15, 0.2) is 19.7 Å². The summed E-state index contributed by atoms with van der Waals surface area (Å²) in [4.78, 5) is 32.4. The van der Waals surface area contributed by atoms with Gasteiger partial charge in [-0.1, -0.05) is 71.7 Å². The number of hydrogen-bond donors (Lipinski definition) is 0. The molecule has 0 spiro atoms. The molecule has 2 amide bonds. The van der Waals surface area contributed by atoms with E-state index in [1.54, 1.807) is 78.2 Å². The predicted molar refractivity (Wildman–Crippen MR) is 323 cm³/mol. The molecule has 6 aliphatic rings. The van der Waals surface area contributed by atoms with Crippen molar-refractivity contribution in [1.29, 1.82) is 0 Å². The first kappa shape index (κ1) is 65.3. The highest BCUT2D eigenvalue weighted by atomic mass is 35.5. The number of likely N-dealkylation sites (tertiary alicyclic amines) is 4. The van der Waals surface area contributed by atoms with Crippen molar-refractivity contribution >= 4 is 54.7 Å². The number of rotatable bonds is 26. The number of carbonyl (C=O) groups excluding carboxylic acids is 2. The van der Waals surface area contributed by atoms with Crippen molar-refractivity contribution in [3.8, 4) is 0 Å². The topological polar surface area (TPSA) is 172 Å². The quantitative estimate of drug-likeness (QED) is 0.0331. The second-order valence-corrected chi connectivity index (χ2v) is 29.3. The van der Waals surface area contributed by atoms with Gasteiger partial charge in [-0.3, -0.25) is 9.59 Å². The Hall–Kier alpha value is -4.12. The van der Waals surface area contributed by atoms with Crippen molar-refractivity contribution in [3.63, 3.8) is 0 Å². The molecular weight excluding hydrogens is 1170 g/mol. The normalized spacial score (nSPS) is 20.4. The molecule has 10 rings (SSSR count). The van der Waals surface area contributed by atoms with Crippen LogP contribution in [0.4, 0.5) is 8.78 Å². The number of halogens is 4. The third-order valence-corrected chi connectivity index (χ3v) is 24.2. The number of hydroxylamine groups is 3. The van der Waals surface area contributed by atoms with Gasteiger partial charge in [0.1, 0.15) is 31.4 Å². The number of benzene rings is 4. The number of quaternary nitrogens is 1. The molecule has 4 heterocycles. The molecule has 2 unspecified atom stereocenters. The highest BCUT2D eigenvalue weighted by Gasteiger charge is 2.45. The zero-order chi connectivity index (χ0) is 60.4. The lowest BCUT2D eigenvalue weighted by atomic mass is 9.84. The van der Waals surface area contributed by atoms with Gasteiger partial charge < -0.3 is 43.5 Å². The summed E-state index contributed by atoms with van der Waals surface area (Å²) in [6.07, 6.45) is 10.4. The van der Waals surface area contributed by atoms with Crippen molar-refractivity contribution in [2.75, 3.05) is 105 Å². The third-order valence-electron chi connectivity index (χ3n) is 18.3. The van der Waals surface area contributed by atoms with Crippen molar-refractivity contribution in [2.45, 2.75) is 135 Å². The summed E-state index contributed by atoms with van der Waals surface area (Å²) < 4.78 is 107. The van der Waals surface area contributed by atoms with E-state index < -0.39 is 41.4 Å². The lowest BCUT2D eigenvalue weighted by Gasteiger charge is -2.44. The summed E-state index contributed by atoms with van der Waals surface area (Å²) in [6, 6.07) is 23.2. The maximum absolute atomic E-state index is 14.2. The Labute approximate surface area is 511 Å². The summed E-state index contributed by atoms with van der Waals surface area (Å²) in [5.41, 5.74) is 1.39. The van der Waals surface area contributed by atoms with Gasteiger partial charge in [-0.25, -0.2) is 25.6 Å². The van der Waals surface area contributed by atoms with Gasteiger partial charge in [-0.2, -0.15) is 0 Å². The SMILES string of the molecule is Cc1cccc(Cl)c1S(=O)(=O)C(CCOCC(=O)N1CCC(OCCN2CCCC2)(c2cccc(F)c2)CC1)C1CC1.Cc1cccc(Cl)c1S(=O)(=O)C(CCOCC(=O)N1CCC(OCC[N+]2([O-])CCCC2)(c2cccc(F)c2)CC1)C1CC1. The van der Waals surface area contributed by atoms with Crippen LogP contribution in [0, 0.1) is 42.5 Å². The van der Waals surface area contributed by atoms with Gasteiger partial charge >= 0.3 is 0 Å². The first-order chi connectivity index (χ1) is 40.7. The van der Waals surface area contributed by atoms with E-state index in [1.165, 1.54) is 31.0 Å². The van der Waals surface area contributed by atoms with Crippen LogP contribution in [0.25, 0.3) is 0 Å². The fraction of sp³-hybridized carbons (Fsp3) is 0.594. The van der Waals surface area contributed by atoms with Crippen LogP contribution in [0.5, 0.6) is 0 Å². The fourth-order valence-electron chi connectivity index (χ4n) is 13.1. The largest absolute Gasteiger partial charge is 0.633 e. The van der Waals surface area contributed by atoms with Crippen molar-refractivity contribution in [2.24, 2.45) is 11.8 Å². The molecule has 4 aromatic carbocycles. The molecule has 2 aliphatic carbocycles. The average Bonchev–Trinajstić information content (AvgIpc) is 2.67. The van der Waals surface area contributed by atoms with Crippen molar-refractivity contribution in [3.05, 3.63) is 134 Å². The lowest BCUT2D eigenvalue weighted by Crippen LogP contribution is -2.49. The number of piperidine rings is 2. The average molecular weight is 1260 g/mol. The van der Waals surface area contributed by atoms with Gasteiger partial charge in [0.2, 0.25) is 11.8 Å². The van der Waals surface area contributed by atoms with E-state index >= 15 is 0 Å². The Bertz CT molecular complexity index is 3100. The molecular formula is C64H84Cl2F2N4O11S2. The van der Waals surface area contributed by atoms with E-state index in [9.17, 15) is 40.4 Å². The first-order valence-electron chi connectivity index (χ1n) is 30.5. The van der Waals surface area contributed by atoms with Crippen LogP contribution in [-0.4, -0.2) is 164 Å². The molecule has 6 fully saturated rings. The molecule has 15 nitrogen and oxygen atoms in total. The predicted octanol–water partition coefficient (Wildman–Crippen LogP) is 10.8. The van der Waals surface area contributed by atoms with Gasteiger partial charge in [-0.15, -0.1) is 0 Å². The Balaban J connectivity index is 0.000000204.